The molecule has 164 valence electrons. The Hall–Kier alpha value is -3.81. The van der Waals surface area contributed by atoms with Crippen molar-refractivity contribution < 1.29 is 9.59 Å². The first-order valence-electron chi connectivity index (χ1n) is 10.7. The molecule has 0 aliphatic carbocycles. The Balaban J connectivity index is 1.63. The monoisotopic (exact) mass is 431 g/mol. The summed E-state index contributed by atoms with van der Waals surface area (Å²) in [4.78, 5) is 45.3. The van der Waals surface area contributed by atoms with E-state index in [9.17, 15) is 14.4 Å². The van der Waals surface area contributed by atoms with E-state index >= 15 is 0 Å². The van der Waals surface area contributed by atoms with Crippen molar-refractivity contribution in [3.63, 3.8) is 0 Å². The van der Waals surface area contributed by atoms with Crippen LogP contribution in [0, 0.1) is 5.92 Å². The van der Waals surface area contributed by atoms with Gasteiger partial charge in [0.15, 0.2) is 0 Å². The number of pyridine rings is 1. The Morgan fingerprint density at radius 2 is 1.94 bits per heavy atom. The molecule has 1 fully saturated rings. The van der Waals surface area contributed by atoms with Crippen LogP contribution in [0.3, 0.4) is 0 Å². The Morgan fingerprint density at radius 3 is 2.66 bits per heavy atom. The molecule has 1 aliphatic rings. The van der Waals surface area contributed by atoms with Gasteiger partial charge in [-0.25, -0.2) is 5.10 Å². The molecule has 0 saturated carbocycles. The van der Waals surface area contributed by atoms with Crippen LogP contribution in [-0.2, 0) is 11.2 Å². The van der Waals surface area contributed by atoms with E-state index in [0.29, 0.717) is 26.1 Å². The van der Waals surface area contributed by atoms with Gasteiger partial charge < -0.3 is 9.80 Å². The van der Waals surface area contributed by atoms with Crippen LogP contribution in [0.2, 0.25) is 0 Å². The molecular weight excluding hydrogens is 406 g/mol. The highest BCUT2D eigenvalue weighted by molar-refractivity contribution is 5.93. The Bertz CT molecular complexity index is 1140. The van der Waals surface area contributed by atoms with Crippen molar-refractivity contribution in [1.29, 1.82) is 0 Å². The maximum atomic E-state index is 13.3. The zero-order chi connectivity index (χ0) is 22.5. The molecule has 2 aromatic heterocycles. The molecule has 3 aromatic rings. The zero-order valence-corrected chi connectivity index (χ0v) is 17.9. The van der Waals surface area contributed by atoms with Gasteiger partial charge in [0.25, 0.3) is 11.5 Å². The number of aromatic nitrogens is 3. The summed E-state index contributed by atoms with van der Waals surface area (Å²) in [6.45, 7) is 3.69. The maximum absolute atomic E-state index is 13.3. The van der Waals surface area contributed by atoms with Crippen molar-refractivity contribution in [1.82, 2.24) is 25.0 Å². The average molecular weight is 431 g/mol. The van der Waals surface area contributed by atoms with Gasteiger partial charge in [0.05, 0.1) is 5.92 Å². The fourth-order valence-electron chi connectivity index (χ4n) is 4.09. The molecule has 1 aromatic carbocycles. The van der Waals surface area contributed by atoms with Crippen LogP contribution in [-0.4, -0.2) is 63.0 Å². The van der Waals surface area contributed by atoms with Crippen LogP contribution in [0.25, 0.3) is 11.1 Å². The highest BCUT2D eigenvalue weighted by Crippen LogP contribution is 2.27. The van der Waals surface area contributed by atoms with Crippen LogP contribution in [0.4, 0.5) is 0 Å². The topological polar surface area (TPSA) is 99.3 Å². The number of rotatable bonds is 5. The summed E-state index contributed by atoms with van der Waals surface area (Å²) >= 11 is 0. The van der Waals surface area contributed by atoms with Crippen LogP contribution >= 0.6 is 0 Å². The van der Waals surface area contributed by atoms with Crippen molar-refractivity contribution in [2.24, 2.45) is 5.92 Å². The standard InChI is InChI=1S/C24H25N5O3/c1-2-28-12-13-29(24(32)21-9-10-22(30)27-26-21)16-19(23(28)31)14-17-6-3-4-8-20(17)18-7-5-11-25-15-18/h3-11,15,19H,2,12-14,16H2,1H3,(H,27,30). The minimum atomic E-state index is -0.387. The molecule has 4 rings (SSSR count). The van der Waals surface area contributed by atoms with Crippen molar-refractivity contribution in [2.75, 3.05) is 26.2 Å². The number of hydrogen-bond acceptors (Lipinski definition) is 5. The van der Waals surface area contributed by atoms with Crippen LogP contribution < -0.4 is 5.56 Å². The average Bonchev–Trinajstić information content (AvgIpc) is 2.98. The predicted octanol–water partition coefficient (Wildman–Crippen LogP) is 2.00. The molecule has 8 heteroatoms. The molecule has 1 saturated heterocycles. The fraction of sp³-hybridized carbons (Fsp3) is 0.292. The molecule has 0 bridgehead atoms. The molecule has 0 spiro atoms. The third-order valence-electron chi connectivity index (χ3n) is 5.76. The molecule has 3 heterocycles. The van der Waals surface area contributed by atoms with Gasteiger partial charge in [0, 0.05) is 50.2 Å². The highest BCUT2D eigenvalue weighted by Gasteiger charge is 2.33. The summed E-state index contributed by atoms with van der Waals surface area (Å²) in [6.07, 6.45) is 4.04. The Kier molecular flexibility index (Phi) is 6.39. The Morgan fingerprint density at radius 1 is 1.09 bits per heavy atom. The number of carbonyl (C=O) groups is 2. The summed E-state index contributed by atoms with van der Waals surface area (Å²) < 4.78 is 0. The summed E-state index contributed by atoms with van der Waals surface area (Å²) in [7, 11) is 0. The van der Waals surface area contributed by atoms with Crippen molar-refractivity contribution >= 4 is 11.8 Å². The number of benzene rings is 1. The second kappa shape index (κ2) is 9.55. The van der Waals surface area contributed by atoms with Gasteiger partial charge >= 0.3 is 0 Å². The second-order valence-corrected chi connectivity index (χ2v) is 7.78. The molecule has 1 N–H and O–H groups in total. The lowest BCUT2D eigenvalue weighted by Crippen LogP contribution is -2.38. The summed E-state index contributed by atoms with van der Waals surface area (Å²) in [5.41, 5.74) is 2.85. The van der Waals surface area contributed by atoms with E-state index in [0.717, 1.165) is 16.7 Å². The number of H-pyrrole nitrogens is 1. The van der Waals surface area contributed by atoms with E-state index in [2.05, 4.69) is 15.2 Å². The lowest BCUT2D eigenvalue weighted by molar-refractivity contribution is -0.134. The van der Waals surface area contributed by atoms with E-state index in [4.69, 9.17) is 0 Å². The number of amides is 2. The van der Waals surface area contributed by atoms with Crippen LogP contribution in [0.5, 0.6) is 0 Å². The van der Waals surface area contributed by atoms with Gasteiger partial charge in [-0.1, -0.05) is 30.3 Å². The number of aromatic amines is 1. The molecule has 1 unspecified atom stereocenters. The van der Waals surface area contributed by atoms with Gasteiger partial charge in [-0.2, -0.15) is 5.10 Å². The van der Waals surface area contributed by atoms with Crippen molar-refractivity contribution in [3.8, 4) is 11.1 Å². The van der Waals surface area contributed by atoms with E-state index in [1.807, 2.05) is 49.5 Å². The number of carbonyl (C=O) groups excluding carboxylic acids is 2. The van der Waals surface area contributed by atoms with Gasteiger partial charge in [-0.15, -0.1) is 0 Å². The van der Waals surface area contributed by atoms with Crippen molar-refractivity contribution in [3.05, 3.63) is 82.5 Å². The normalized spacial score (nSPS) is 16.7. The predicted molar refractivity (Wildman–Crippen MR) is 120 cm³/mol. The number of hydrogen-bond donors (Lipinski definition) is 1. The minimum absolute atomic E-state index is 0.0400. The van der Waals surface area contributed by atoms with Crippen molar-refractivity contribution in [2.45, 2.75) is 13.3 Å². The van der Waals surface area contributed by atoms with Gasteiger partial charge in [0.1, 0.15) is 5.69 Å². The van der Waals surface area contributed by atoms with Crippen LogP contribution in [0.1, 0.15) is 23.0 Å². The third kappa shape index (κ3) is 4.59. The Labute approximate surface area is 185 Å². The minimum Gasteiger partial charge on any atom is -0.341 e. The lowest BCUT2D eigenvalue weighted by Gasteiger charge is -2.24. The van der Waals surface area contributed by atoms with E-state index in [1.54, 1.807) is 16.0 Å². The maximum Gasteiger partial charge on any atom is 0.274 e. The summed E-state index contributed by atoms with van der Waals surface area (Å²) in [5.74, 6) is -0.641. The van der Waals surface area contributed by atoms with E-state index < -0.39 is 0 Å². The van der Waals surface area contributed by atoms with Crippen LogP contribution in [0.15, 0.2) is 65.7 Å². The summed E-state index contributed by atoms with van der Waals surface area (Å²) in [5, 5.41) is 6.18. The molecule has 8 nitrogen and oxygen atoms in total. The first kappa shape index (κ1) is 21.4. The van der Waals surface area contributed by atoms with E-state index in [-0.39, 0.29) is 35.5 Å². The molecule has 0 radical (unpaired) electrons. The molecule has 32 heavy (non-hydrogen) atoms. The number of nitrogens with zero attached hydrogens (tertiary/aromatic N) is 4. The SMILES string of the molecule is CCN1CCN(C(=O)c2ccc(=O)[nH]n2)CC(Cc2ccccc2-c2cccnc2)C1=O. The van der Waals surface area contributed by atoms with E-state index in [1.165, 1.54) is 12.1 Å². The first-order chi connectivity index (χ1) is 15.6. The zero-order valence-electron chi connectivity index (χ0n) is 17.9. The molecule has 1 aliphatic heterocycles. The molecule has 1 atom stereocenters. The molecular formula is C24H25N5O3. The smallest absolute Gasteiger partial charge is 0.274 e. The lowest BCUT2D eigenvalue weighted by atomic mass is 9.91. The van der Waals surface area contributed by atoms with Gasteiger partial charge in [-0.3, -0.25) is 19.4 Å². The number of nitrogens with one attached hydrogen (secondary N) is 1. The molecule has 2 amide bonds. The quantitative estimate of drug-likeness (QED) is 0.666. The number of likely N-dealkylation sites (N-methyl/N-ethyl adjacent to an activating group) is 1. The summed E-state index contributed by atoms with van der Waals surface area (Å²) in [6, 6.07) is 14.6. The van der Waals surface area contributed by atoms with Gasteiger partial charge in [0.2, 0.25) is 5.91 Å². The fourth-order valence-corrected chi connectivity index (χ4v) is 4.09. The highest BCUT2D eigenvalue weighted by atomic mass is 16.2. The first-order valence-corrected chi connectivity index (χ1v) is 10.7. The largest absolute Gasteiger partial charge is 0.341 e. The van der Waals surface area contributed by atoms with Gasteiger partial charge in [-0.05, 0) is 36.6 Å². The second-order valence-electron chi connectivity index (χ2n) is 7.78. The third-order valence-corrected chi connectivity index (χ3v) is 5.76.